The molecule has 20 heavy (non-hydrogen) atoms. The Balaban J connectivity index is 1.94. The van der Waals surface area contributed by atoms with Gasteiger partial charge in [-0.05, 0) is 35.4 Å². The van der Waals surface area contributed by atoms with Gasteiger partial charge in [0, 0.05) is 16.5 Å². The van der Waals surface area contributed by atoms with E-state index < -0.39 is 11.8 Å². The minimum absolute atomic E-state index is 0.0334. The minimum atomic E-state index is -1.12. The summed E-state index contributed by atoms with van der Waals surface area (Å²) in [6, 6.07) is 11.5. The standard InChI is InChI=1S/C15H12ClFO2S/c16-13-5-1-10(2-6-13)8-20-9-12-4-3-11(15(18)19)7-14(12)17/h1-7H,8-9H2,(H,18,19). The summed E-state index contributed by atoms with van der Waals surface area (Å²) < 4.78 is 13.7. The molecular formula is C15H12ClFO2S. The molecule has 0 saturated carbocycles. The first-order valence-corrected chi connectivity index (χ1v) is 7.43. The van der Waals surface area contributed by atoms with Crippen molar-refractivity contribution in [1.82, 2.24) is 0 Å². The van der Waals surface area contributed by atoms with Crippen molar-refractivity contribution >= 4 is 29.3 Å². The maximum atomic E-state index is 13.7. The number of carbonyl (C=O) groups is 1. The highest BCUT2D eigenvalue weighted by Gasteiger charge is 2.08. The number of thioether (sulfide) groups is 1. The molecule has 2 rings (SSSR count). The second kappa shape index (κ2) is 6.77. The summed E-state index contributed by atoms with van der Waals surface area (Å²) in [7, 11) is 0. The lowest BCUT2D eigenvalue weighted by molar-refractivity contribution is 0.0696. The SMILES string of the molecule is O=C(O)c1ccc(CSCc2ccc(Cl)cc2)c(F)c1. The van der Waals surface area contributed by atoms with Gasteiger partial charge in [0.25, 0.3) is 0 Å². The molecule has 0 bridgehead atoms. The third kappa shape index (κ3) is 3.99. The molecule has 0 heterocycles. The largest absolute Gasteiger partial charge is 0.478 e. The van der Waals surface area contributed by atoms with Crippen LogP contribution in [0, 0.1) is 5.82 Å². The quantitative estimate of drug-likeness (QED) is 0.876. The molecule has 0 aliphatic rings. The number of aromatic carboxylic acids is 1. The summed E-state index contributed by atoms with van der Waals surface area (Å²) in [6.45, 7) is 0. The summed E-state index contributed by atoms with van der Waals surface area (Å²) in [5.41, 5.74) is 1.59. The zero-order chi connectivity index (χ0) is 14.5. The molecule has 104 valence electrons. The summed E-state index contributed by atoms with van der Waals surface area (Å²) >= 11 is 7.36. The number of carboxylic acids is 1. The Morgan fingerprint density at radius 3 is 2.45 bits per heavy atom. The van der Waals surface area contributed by atoms with Crippen molar-refractivity contribution in [3.63, 3.8) is 0 Å². The van der Waals surface area contributed by atoms with Gasteiger partial charge in [0.2, 0.25) is 0 Å². The van der Waals surface area contributed by atoms with Crippen molar-refractivity contribution in [2.24, 2.45) is 0 Å². The fraction of sp³-hybridized carbons (Fsp3) is 0.133. The zero-order valence-electron chi connectivity index (χ0n) is 10.5. The highest BCUT2D eigenvalue weighted by Crippen LogP contribution is 2.21. The van der Waals surface area contributed by atoms with Crippen molar-refractivity contribution in [3.8, 4) is 0 Å². The highest BCUT2D eigenvalue weighted by molar-refractivity contribution is 7.97. The predicted molar refractivity (Wildman–Crippen MR) is 79.8 cm³/mol. The molecule has 1 N–H and O–H groups in total. The number of rotatable bonds is 5. The molecular weight excluding hydrogens is 299 g/mol. The number of carboxylic acid groups (broad SMARTS) is 1. The fourth-order valence-electron chi connectivity index (χ4n) is 1.66. The van der Waals surface area contributed by atoms with Gasteiger partial charge in [-0.15, -0.1) is 0 Å². The summed E-state index contributed by atoms with van der Waals surface area (Å²) in [4.78, 5) is 10.7. The average molecular weight is 311 g/mol. The van der Waals surface area contributed by atoms with E-state index in [9.17, 15) is 9.18 Å². The van der Waals surface area contributed by atoms with E-state index in [-0.39, 0.29) is 5.56 Å². The molecule has 0 radical (unpaired) electrons. The predicted octanol–water partition coefficient (Wildman–Crippen LogP) is 4.61. The maximum absolute atomic E-state index is 13.7. The van der Waals surface area contributed by atoms with Gasteiger partial charge in [0.1, 0.15) is 5.82 Å². The van der Waals surface area contributed by atoms with Crippen molar-refractivity contribution in [3.05, 3.63) is 70.0 Å². The Hall–Kier alpha value is -1.52. The van der Waals surface area contributed by atoms with Crippen LogP contribution in [-0.4, -0.2) is 11.1 Å². The molecule has 2 aromatic rings. The van der Waals surface area contributed by atoms with Crippen LogP contribution in [0.5, 0.6) is 0 Å². The summed E-state index contributed by atoms with van der Waals surface area (Å²) in [6.07, 6.45) is 0. The van der Waals surface area contributed by atoms with Gasteiger partial charge >= 0.3 is 5.97 Å². The van der Waals surface area contributed by atoms with Crippen LogP contribution in [0.3, 0.4) is 0 Å². The highest BCUT2D eigenvalue weighted by atomic mass is 35.5. The number of halogens is 2. The van der Waals surface area contributed by atoms with E-state index in [2.05, 4.69) is 0 Å². The third-order valence-electron chi connectivity index (χ3n) is 2.74. The van der Waals surface area contributed by atoms with Gasteiger partial charge in [-0.25, -0.2) is 9.18 Å². The molecule has 0 aliphatic heterocycles. The van der Waals surface area contributed by atoms with Gasteiger partial charge < -0.3 is 5.11 Å². The van der Waals surface area contributed by atoms with Crippen molar-refractivity contribution in [1.29, 1.82) is 0 Å². The van der Waals surface area contributed by atoms with Crippen molar-refractivity contribution < 1.29 is 14.3 Å². The summed E-state index contributed by atoms with van der Waals surface area (Å²) in [5.74, 6) is -0.358. The van der Waals surface area contributed by atoms with Crippen molar-refractivity contribution in [2.75, 3.05) is 0 Å². The summed E-state index contributed by atoms with van der Waals surface area (Å²) in [5, 5.41) is 9.45. The molecule has 0 fully saturated rings. The van der Waals surface area contributed by atoms with Crippen LogP contribution >= 0.6 is 23.4 Å². The maximum Gasteiger partial charge on any atom is 0.335 e. The number of hydrogen-bond acceptors (Lipinski definition) is 2. The molecule has 0 atom stereocenters. The Bertz CT molecular complexity index is 614. The second-order valence-electron chi connectivity index (χ2n) is 4.23. The van der Waals surface area contributed by atoms with E-state index in [4.69, 9.17) is 16.7 Å². The molecule has 0 aliphatic carbocycles. The van der Waals surface area contributed by atoms with Crippen molar-refractivity contribution in [2.45, 2.75) is 11.5 Å². The van der Waals surface area contributed by atoms with Gasteiger partial charge in [-0.1, -0.05) is 29.8 Å². The Kier molecular flexibility index (Phi) is 5.04. The molecule has 2 aromatic carbocycles. The minimum Gasteiger partial charge on any atom is -0.478 e. The molecule has 0 saturated heterocycles. The van der Waals surface area contributed by atoms with Gasteiger partial charge in [-0.3, -0.25) is 0 Å². The monoisotopic (exact) mass is 310 g/mol. The normalized spacial score (nSPS) is 10.5. The van der Waals surface area contributed by atoms with Gasteiger partial charge in [-0.2, -0.15) is 11.8 Å². The van der Waals surface area contributed by atoms with Crippen LogP contribution in [-0.2, 0) is 11.5 Å². The molecule has 0 amide bonds. The molecule has 5 heteroatoms. The van der Waals surface area contributed by atoms with Crippen LogP contribution in [0.15, 0.2) is 42.5 Å². The van der Waals surface area contributed by atoms with E-state index in [1.165, 1.54) is 12.1 Å². The lowest BCUT2D eigenvalue weighted by Gasteiger charge is -2.05. The average Bonchev–Trinajstić information content (AvgIpc) is 2.42. The smallest absolute Gasteiger partial charge is 0.335 e. The first-order valence-electron chi connectivity index (χ1n) is 5.90. The van der Waals surface area contributed by atoms with Gasteiger partial charge in [0.05, 0.1) is 5.56 Å². The van der Waals surface area contributed by atoms with E-state index in [0.29, 0.717) is 16.3 Å². The number of hydrogen-bond donors (Lipinski definition) is 1. The van der Waals surface area contributed by atoms with Crippen LogP contribution < -0.4 is 0 Å². The molecule has 0 spiro atoms. The third-order valence-corrected chi connectivity index (χ3v) is 4.04. The second-order valence-corrected chi connectivity index (χ2v) is 5.65. The molecule has 0 aromatic heterocycles. The Labute approximate surface area is 125 Å². The Morgan fingerprint density at radius 1 is 1.15 bits per heavy atom. The van der Waals surface area contributed by atoms with Gasteiger partial charge in [0.15, 0.2) is 0 Å². The van der Waals surface area contributed by atoms with E-state index >= 15 is 0 Å². The van der Waals surface area contributed by atoms with Crippen LogP contribution in [0.4, 0.5) is 4.39 Å². The topological polar surface area (TPSA) is 37.3 Å². The lowest BCUT2D eigenvalue weighted by Crippen LogP contribution is -1.98. The Morgan fingerprint density at radius 2 is 1.85 bits per heavy atom. The zero-order valence-corrected chi connectivity index (χ0v) is 12.0. The van der Waals surface area contributed by atoms with Crippen LogP contribution in [0.1, 0.15) is 21.5 Å². The van der Waals surface area contributed by atoms with E-state index in [0.717, 1.165) is 17.4 Å². The molecule has 0 unspecified atom stereocenters. The number of benzene rings is 2. The first-order chi connectivity index (χ1) is 9.56. The first kappa shape index (κ1) is 14.9. The van der Waals surface area contributed by atoms with Crippen LogP contribution in [0.2, 0.25) is 5.02 Å². The van der Waals surface area contributed by atoms with E-state index in [1.54, 1.807) is 11.8 Å². The molecule has 2 nitrogen and oxygen atoms in total. The van der Waals surface area contributed by atoms with E-state index in [1.807, 2.05) is 24.3 Å². The fourth-order valence-corrected chi connectivity index (χ4v) is 2.77. The lowest BCUT2D eigenvalue weighted by atomic mass is 10.1. The van der Waals surface area contributed by atoms with Crippen LogP contribution in [0.25, 0.3) is 0 Å².